The summed E-state index contributed by atoms with van der Waals surface area (Å²) in [6, 6.07) is 9.69. The minimum Gasteiger partial charge on any atom is -0.367 e. The van der Waals surface area contributed by atoms with E-state index < -0.39 is 6.10 Å². The summed E-state index contributed by atoms with van der Waals surface area (Å²) in [4.78, 5) is 14.8. The second kappa shape index (κ2) is 8.82. The molecule has 4 rings (SSSR count). The predicted molar refractivity (Wildman–Crippen MR) is 104 cm³/mol. The molecule has 1 amide bonds. The number of nitrogens with zero attached hydrogens (tertiary/aromatic N) is 4. The molecule has 0 aliphatic carbocycles. The lowest BCUT2D eigenvalue weighted by Gasteiger charge is -2.34. The summed E-state index contributed by atoms with van der Waals surface area (Å²) in [7, 11) is 1.60. The first-order valence-electron chi connectivity index (χ1n) is 9.27. The zero-order valence-electron chi connectivity index (χ0n) is 15.5. The molecule has 0 spiro atoms. The fraction of sp³-hybridized carbons (Fsp3) is 0.526. The molecule has 1 aromatic heterocycles. The number of piperidine rings is 1. The second-order valence-electron chi connectivity index (χ2n) is 6.93. The van der Waals surface area contributed by atoms with E-state index in [0.717, 1.165) is 62.8 Å². The van der Waals surface area contributed by atoms with Crippen molar-refractivity contribution in [2.75, 3.05) is 26.7 Å². The third-order valence-electron chi connectivity index (χ3n) is 5.39. The maximum Gasteiger partial charge on any atom is 0.256 e. The van der Waals surface area contributed by atoms with Crippen LogP contribution in [0, 0.1) is 0 Å². The number of fused-ring (bicyclic) bond motifs is 1. The number of carbonyl (C=O) groups is 1. The molecule has 1 fully saturated rings. The van der Waals surface area contributed by atoms with Gasteiger partial charge in [0.05, 0.1) is 6.54 Å². The van der Waals surface area contributed by atoms with E-state index in [1.165, 1.54) is 0 Å². The van der Waals surface area contributed by atoms with E-state index in [4.69, 9.17) is 4.74 Å². The van der Waals surface area contributed by atoms with E-state index in [0.29, 0.717) is 5.92 Å². The van der Waals surface area contributed by atoms with Gasteiger partial charge in [0.2, 0.25) is 0 Å². The molecule has 1 unspecified atom stereocenters. The van der Waals surface area contributed by atoms with Gasteiger partial charge in [-0.05, 0) is 18.4 Å². The molecular weight excluding hydrogens is 366 g/mol. The van der Waals surface area contributed by atoms with Crippen molar-refractivity contribution in [1.29, 1.82) is 0 Å². The average Bonchev–Trinajstić information content (AvgIpc) is 3.13. The van der Waals surface area contributed by atoms with Crippen molar-refractivity contribution in [3.8, 4) is 0 Å². The lowest BCUT2D eigenvalue weighted by molar-refractivity contribution is -0.143. The van der Waals surface area contributed by atoms with Gasteiger partial charge >= 0.3 is 0 Å². The minimum atomic E-state index is -0.528. The Morgan fingerprint density at radius 1 is 1.19 bits per heavy atom. The number of hydrogen-bond acceptors (Lipinski definition) is 5. The van der Waals surface area contributed by atoms with Crippen LogP contribution in [0.5, 0.6) is 0 Å². The van der Waals surface area contributed by atoms with Gasteiger partial charge in [-0.1, -0.05) is 30.3 Å². The number of hydrogen-bond donors (Lipinski definition) is 1. The van der Waals surface area contributed by atoms with Gasteiger partial charge in [0.15, 0.2) is 6.10 Å². The van der Waals surface area contributed by atoms with Crippen molar-refractivity contribution in [1.82, 2.24) is 25.0 Å². The van der Waals surface area contributed by atoms with Crippen molar-refractivity contribution >= 4 is 18.3 Å². The maximum absolute atomic E-state index is 12.9. The van der Waals surface area contributed by atoms with Crippen LogP contribution >= 0.6 is 12.4 Å². The Bertz CT molecular complexity index is 759. The van der Waals surface area contributed by atoms with E-state index in [1.54, 1.807) is 7.11 Å². The summed E-state index contributed by atoms with van der Waals surface area (Å²) in [6.45, 7) is 4.14. The lowest BCUT2D eigenvalue weighted by atomic mass is 9.95. The molecule has 2 aliphatic rings. The van der Waals surface area contributed by atoms with Crippen LogP contribution in [-0.4, -0.2) is 52.3 Å². The Morgan fingerprint density at radius 3 is 2.63 bits per heavy atom. The Hall–Kier alpha value is -1.96. The number of methoxy groups -OCH3 is 1. The Morgan fingerprint density at radius 2 is 1.93 bits per heavy atom. The molecular formula is C19H26ClN5O2. The lowest BCUT2D eigenvalue weighted by Crippen LogP contribution is -2.41. The van der Waals surface area contributed by atoms with Crippen LogP contribution in [0.1, 0.15) is 42.1 Å². The van der Waals surface area contributed by atoms with E-state index in [1.807, 2.05) is 35.2 Å². The van der Waals surface area contributed by atoms with Crippen LogP contribution in [0.3, 0.4) is 0 Å². The van der Waals surface area contributed by atoms with E-state index in [9.17, 15) is 4.79 Å². The van der Waals surface area contributed by atoms with Crippen molar-refractivity contribution in [2.45, 2.75) is 38.0 Å². The number of rotatable bonds is 4. The van der Waals surface area contributed by atoms with Gasteiger partial charge in [-0.2, -0.15) is 0 Å². The van der Waals surface area contributed by atoms with Crippen LogP contribution in [-0.2, 0) is 22.6 Å². The zero-order valence-corrected chi connectivity index (χ0v) is 16.3. The summed E-state index contributed by atoms with van der Waals surface area (Å²) < 4.78 is 7.75. The number of benzene rings is 1. The van der Waals surface area contributed by atoms with Gasteiger partial charge in [-0.25, -0.2) is 0 Å². The molecule has 1 N–H and O–H groups in total. The number of carbonyl (C=O) groups excluding carboxylic acids is 1. The number of ether oxygens (including phenoxy) is 1. The molecule has 2 aromatic rings. The standard InChI is InChI=1S/C19H25N5O2.ClH/c1-26-17(14-5-3-2-4-6-14)19(25)23-10-7-15(8-11-23)18-22-21-16-13-20-9-12-24(16)18;/h2-6,15,17,20H,7-13H2,1H3;1H. The highest BCUT2D eigenvalue weighted by molar-refractivity contribution is 5.85. The summed E-state index contributed by atoms with van der Waals surface area (Å²) in [5.74, 6) is 2.52. The van der Waals surface area contributed by atoms with Crippen LogP contribution in [0.4, 0.5) is 0 Å². The van der Waals surface area contributed by atoms with Gasteiger partial charge in [0, 0.05) is 39.2 Å². The van der Waals surface area contributed by atoms with Crippen molar-refractivity contribution in [3.05, 3.63) is 47.5 Å². The van der Waals surface area contributed by atoms with Gasteiger partial charge < -0.3 is 19.5 Å². The second-order valence-corrected chi connectivity index (χ2v) is 6.93. The maximum atomic E-state index is 12.9. The predicted octanol–water partition coefficient (Wildman–Crippen LogP) is 1.90. The highest BCUT2D eigenvalue weighted by Crippen LogP contribution is 2.30. The molecule has 1 aromatic carbocycles. The fourth-order valence-corrected chi connectivity index (χ4v) is 3.95. The molecule has 0 radical (unpaired) electrons. The molecule has 27 heavy (non-hydrogen) atoms. The molecule has 1 saturated heterocycles. The zero-order chi connectivity index (χ0) is 17.9. The summed E-state index contributed by atoms with van der Waals surface area (Å²) >= 11 is 0. The topological polar surface area (TPSA) is 72.3 Å². The number of halogens is 1. The van der Waals surface area contributed by atoms with Gasteiger partial charge in [-0.15, -0.1) is 22.6 Å². The van der Waals surface area contributed by atoms with Gasteiger partial charge in [-0.3, -0.25) is 4.79 Å². The molecule has 2 aliphatic heterocycles. The summed E-state index contributed by atoms with van der Waals surface area (Å²) in [5, 5.41) is 12.1. The number of nitrogens with one attached hydrogen (secondary N) is 1. The summed E-state index contributed by atoms with van der Waals surface area (Å²) in [5.41, 5.74) is 0.904. The first-order valence-corrected chi connectivity index (χ1v) is 9.27. The van der Waals surface area contributed by atoms with E-state index >= 15 is 0 Å². The number of amides is 1. The third-order valence-corrected chi connectivity index (χ3v) is 5.39. The molecule has 1 atom stereocenters. The van der Waals surface area contributed by atoms with Crippen molar-refractivity contribution < 1.29 is 9.53 Å². The van der Waals surface area contributed by atoms with Crippen molar-refractivity contribution in [3.63, 3.8) is 0 Å². The molecule has 146 valence electrons. The van der Waals surface area contributed by atoms with Crippen LogP contribution in [0.25, 0.3) is 0 Å². The molecule has 0 saturated carbocycles. The quantitative estimate of drug-likeness (QED) is 0.861. The van der Waals surface area contributed by atoms with E-state index in [-0.39, 0.29) is 18.3 Å². The van der Waals surface area contributed by atoms with Gasteiger partial charge in [0.25, 0.3) is 5.91 Å². The minimum absolute atomic E-state index is 0. The smallest absolute Gasteiger partial charge is 0.256 e. The molecule has 0 bridgehead atoms. The first kappa shape index (κ1) is 19.8. The monoisotopic (exact) mass is 391 g/mol. The van der Waals surface area contributed by atoms with Crippen LogP contribution in [0.15, 0.2) is 30.3 Å². The molecule has 3 heterocycles. The SMILES string of the molecule is COC(C(=O)N1CCC(c2nnc3n2CCNC3)CC1)c1ccccc1.Cl. The highest BCUT2D eigenvalue weighted by atomic mass is 35.5. The molecule has 7 nitrogen and oxygen atoms in total. The summed E-state index contributed by atoms with van der Waals surface area (Å²) in [6.07, 6.45) is 1.31. The highest BCUT2D eigenvalue weighted by Gasteiger charge is 2.32. The largest absolute Gasteiger partial charge is 0.367 e. The van der Waals surface area contributed by atoms with E-state index in [2.05, 4.69) is 20.1 Å². The van der Waals surface area contributed by atoms with Crippen LogP contribution < -0.4 is 5.32 Å². The third kappa shape index (κ3) is 4.00. The number of aromatic nitrogens is 3. The Kier molecular flexibility index (Phi) is 6.46. The Balaban J connectivity index is 0.00000210. The average molecular weight is 392 g/mol. The normalized spacial score (nSPS) is 18.5. The fourth-order valence-electron chi connectivity index (χ4n) is 3.95. The van der Waals surface area contributed by atoms with Crippen LogP contribution in [0.2, 0.25) is 0 Å². The Labute approximate surface area is 165 Å². The molecule has 8 heteroatoms. The van der Waals surface area contributed by atoms with Crippen molar-refractivity contribution in [2.24, 2.45) is 0 Å². The van der Waals surface area contributed by atoms with Gasteiger partial charge in [0.1, 0.15) is 11.6 Å². The first-order chi connectivity index (χ1) is 12.8. The number of likely N-dealkylation sites (tertiary alicyclic amines) is 1.